The van der Waals surface area contributed by atoms with Crippen molar-refractivity contribution < 1.29 is 21.6 Å². The first-order valence-corrected chi connectivity index (χ1v) is 7.51. The Balaban J connectivity index is 2.58. The minimum atomic E-state index is -4.51. The molecule has 0 fully saturated rings. The molecule has 19 heavy (non-hydrogen) atoms. The lowest BCUT2D eigenvalue weighted by atomic mass is 10.1. The fraction of sp³-hybridized carbons (Fsp3) is 0.182. The molecule has 102 valence electrons. The number of aromatic nitrogens is 1. The molecule has 8 heteroatoms. The average molecular weight is 310 g/mol. The summed E-state index contributed by atoms with van der Waals surface area (Å²) in [7, 11) is 1.34. The Morgan fingerprint density at radius 2 is 1.89 bits per heavy atom. The van der Waals surface area contributed by atoms with Gasteiger partial charge in [-0.2, -0.15) is 13.2 Å². The third-order valence-corrected chi connectivity index (χ3v) is 3.47. The van der Waals surface area contributed by atoms with E-state index in [9.17, 15) is 21.6 Å². The van der Waals surface area contributed by atoms with Gasteiger partial charge in [0.15, 0.2) is 0 Å². The molecule has 0 N–H and O–H groups in total. The van der Waals surface area contributed by atoms with Gasteiger partial charge in [0.2, 0.25) is 9.05 Å². The van der Waals surface area contributed by atoms with Crippen molar-refractivity contribution in [2.45, 2.75) is 11.9 Å². The SMILES string of the molecule is O=S(=O)(Cl)Cc1ccc2c(C(F)(F)F)cncc2c1. The van der Waals surface area contributed by atoms with Crippen molar-refractivity contribution in [2.75, 3.05) is 0 Å². The topological polar surface area (TPSA) is 47.0 Å². The number of benzene rings is 1. The third kappa shape index (κ3) is 3.36. The van der Waals surface area contributed by atoms with Gasteiger partial charge >= 0.3 is 6.18 Å². The first-order chi connectivity index (χ1) is 8.67. The van der Waals surface area contributed by atoms with Crippen LogP contribution in [0.15, 0.2) is 30.6 Å². The molecule has 2 aromatic rings. The molecular formula is C11H7ClF3NO2S. The number of pyridine rings is 1. The Morgan fingerprint density at radius 1 is 1.21 bits per heavy atom. The Morgan fingerprint density at radius 3 is 2.47 bits per heavy atom. The molecule has 0 saturated heterocycles. The summed E-state index contributed by atoms with van der Waals surface area (Å²) < 4.78 is 60.1. The molecule has 3 nitrogen and oxygen atoms in total. The minimum absolute atomic E-state index is 0.0294. The third-order valence-electron chi connectivity index (χ3n) is 2.47. The van der Waals surface area contributed by atoms with E-state index in [0.717, 1.165) is 6.20 Å². The number of halogens is 4. The van der Waals surface area contributed by atoms with E-state index in [4.69, 9.17) is 10.7 Å². The first-order valence-electron chi connectivity index (χ1n) is 5.03. The van der Waals surface area contributed by atoms with Crippen molar-refractivity contribution >= 4 is 30.5 Å². The zero-order chi connectivity index (χ0) is 14.3. The largest absolute Gasteiger partial charge is 0.418 e. The normalized spacial score (nSPS) is 12.8. The predicted molar refractivity (Wildman–Crippen MR) is 65.2 cm³/mol. The van der Waals surface area contributed by atoms with Gasteiger partial charge < -0.3 is 0 Å². The summed E-state index contributed by atoms with van der Waals surface area (Å²) >= 11 is 0. The number of nitrogens with zero attached hydrogens (tertiary/aromatic N) is 1. The van der Waals surface area contributed by atoms with Crippen LogP contribution >= 0.6 is 10.7 Å². The number of rotatable bonds is 2. The summed E-state index contributed by atoms with van der Waals surface area (Å²) in [5.41, 5.74) is -0.547. The highest BCUT2D eigenvalue weighted by molar-refractivity contribution is 8.13. The van der Waals surface area contributed by atoms with Crippen LogP contribution in [0.4, 0.5) is 13.2 Å². The number of fused-ring (bicyclic) bond motifs is 1. The van der Waals surface area contributed by atoms with Crippen molar-refractivity contribution in [3.05, 3.63) is 41.7 Å². The Bertz CT molecular complexity index is 728. The molecule has 0 aliphatic rings. The van der Waals surface area contributed by atoms with Crippen LogP contribution in [0, 0.1) is 0 Å². The van der Waals surface area contributed by atoms with Crippen LogP contribution in [0.1, 0.15) is 11.1 Å². The molecule has 0 bridgehead atoms. The summed E-state index contributed by atoms with van der Waals surface area (Å²) in [6.45, 7) is 0. The van der Waals surface area contributed by atoms with Crippen LogP contribution < -0.4 is 0 Å². The fourth-order valence-electron chi connectivity index (χ4n) is 1.74. The van der Waals surface area contributed by atoms with Gasteiger partial charge in [0.05, 0.1) is 11.3 Å². The quantitative estimate of drug-likeness (QED) is 0.800. The van der Waals surface area contributed by atoms with Crippen LogP contribution in [-0.2, 0) is 21.0 Å². The second-order valence-electron chi connectivity index (χ2n) is 3.92. The van der Waals surface area contributed by atoms with Gasteiger partial charge in [-0.1, -0.05) is 12.1 Å². The molecule has 0 aliphatic heterocycles. The summed E-state index contributed by atoms with van der Waals surface area (Å²) in [5, 5.41) is 0.186. The molecule has 2 rings (SSSR count). The van der Waals surface area contributed by atoms with Crippen molar-refractivity contribution in [3.8, 4) is 0 Å². The highest BCUT2D eigenvalue weighted by Crippen LogP contribution is 2.34. The molecule has 0 atom stereocenters. The monoisotopic (exact) mass is 309 g/mol. The van der Waals surface area contributed by atoms with E-state index in [1.54, 1.807) is 0 Å². The van der Waals surface area contributed by atoms with E-state index in [2.05, 4.69) is 4.98 Å². The molecule has 0 saturated carbocycles. The molecule has 1 aromatic heterocycles. The van der Waals surface area contributed by atoms with Gasteiger partial charge in [-0.3, -0.25) is 4.98 Å². The fourth-order valence-corrected chi connectivity index (χ4v) is 2.70. The standard InChI is InChI=1S/C11H7ClF3NO2S/c12-19(17,18)6-7-1-2-9-8(3-7)4-16-5-10(9)11(13,14)15/h1-5H,6H2. The molecule has 1 aromatic carbocycles. The summed E-state index contributed by atoms with van der Waals surface area (Å²) in [6.07, 6.45) is -2.53. The zero-order valence-electron chi connectivity index (χ0n) is 9.28. The second-order valence-corrected chi connectivity index (χ2v) is 6.70. The summed E-state index contributed by atoms with van der Waals surface area (Å²) in [5.74, 6) is -0.444. The van der Waals surface area contributed by atoms with Crippen LogP contribution in [0.2, 0.25) is 0 Å². The van der Waals surface area contributed by atoms with E-state index in [1.807, 2.05) is 0 Å². The molecular weight excluding hydrogens is 303 g/mol. The lowest BCUT2D eigenvalue weighted by molar-refractivity contribution is -0.136. The van der Waals surface area contributed by atoms with Crippen LogP contribution in [-0.4, -0.2) is 13.4 Å². The lowest BCUT2D eigenvalue weighted by Gasteiger charge is -2.10. The van der Waals surface area contributed by atoms with E-state index >= 15 is 0 Å². The van der Waals surface area contributed by atoms with Gasteiger partial charge in [0.25, 0.3) is 0 Å². The van der Waals surface area contributed by atoms with Gasteiger partial charge in [-0.25, -0.2) is 8.42 Å². The van der Waals surface area contributed by atoms with Crippen molar-refractivity contribution in [1.29, 1.82) is 0 Å². The molecule has 1 heterocycles. The van der Waals surface area contributed by atoms with Crippen molar-refractivity contribution in [2.24, 2.45) is 0 Å². The molecule has 0 radical (unpaired) electrons. The van der Waals surface area contributed by atoms with Crippen molar-refractivity contribution in [3.63, 3.8) is 0 Å². The Kier molecular flexibility index (Phi) is 3.44. The molecule has 0 unspecified atom stereocenters. The lowest BCUT2D eigenvalue weighted by Crippen LogP contribution is -2.06. The Hall–Kier alpha value is -1.34. The van der Waals surface area contributed by atoms with E-state index in [1.165, 1.54) is 24.4 Å². The Labute approximate surface area is 111 Å². The smallest absolute Gasteiger partial charge is 0.263 e. The number of hydrogen-bond acceptors (Lipinski definition) is 3. The maximum Gasteiger partial charge on any atom is 0.418 e. The number of hydrogen-bond donors (Lipinski definition) is 0. The minimum Gasteiger partial charge on any atom is -0.263 e. The van der Waals surface area contributed by atoms with E-state index < -0.39 is 26.5 Å². The summed E-state index contributed by atoms with van der Waals surface area (Å²) in [4.78, 5) is 3.51. The maximum absolute atomic E-state index is 12.7. The average Bonchev–Trinajstić information content (AvgIpc) is 2.24. The highest BCUT2D eigenvalue weighted by atomic mass is 35.7. The van der Waals surface area contributed by atoms with Crippen LogP contribution in [0.3, 0.4) is 0 Å². The first kappa shape index (κ1) is 14.1. The predicted octanol–water partition coefficient (Wildman–Crippen LogP) is 3.32. The van der Waals surface area contributed by atoms with Gasteiger partial charge in [-0.15, -0.1) is 0 Å². The molecule has 0 spiro atoms. The highest BCUT2D eigenvalue weighted by Gasteiger charge is 2.32. The molecule has 0 aliphatic carbocycles. The number of alkyl halides is 3. The van der Waals surface area contributed by atoms with E-state index in [-0.39, 0.29) is 10.8 Å². The van der Waals surface area contributed by atoms with Crippen LogP contribution in [0.25, 0.3) is 10.8 Å². The van der Waals surface area contributed by atoms with Crippen molar-refractivity contribution in [1.82, 2.24) is 4.98 Å². The van der Waals surface area contributed by atoms with Gasteiger partial charge in [0.1, 0.15) is 0 Å². The van der Waals surface area contributed by atoms with E-state index in [0.29, 0.717) is 5.56 Å². The second kappa shape index (κ2) is 4.64. The summed E-state index contributed by atoms with van der Waals surface area (Å²) in [6, 6.07) is 3.85. The zero-order valence-corrected chi connectivity index (χ0v) is 10.9. The maximum atomic E-state index is 12.7. The van der Waals surface area contributed by atoms with Gasteiger partial charge in [0, 0.05) is 28.5 Å². The van der Waals surface area contributed by atoms with Crippen LogP contribution in [0.5, 0.6) is 0 Å². The van der Waals surface area contributed by atoms with Gasteiger partial charge in [-0.05, 0) is 17.0 Å². The molecule has 0 amide bonds.